The second kappa shape index (κ2) is 7.68. The van der Waals surface area contributed by atoms with Gasteiger partial charge in [-0.15, -0.1) is 0 Å². The summed E-state index contributed by atoms with van der Waals surface area (Å²) in [6.45, 7) is 2.10. The first-order chi connectivity index (χ1) is 12.0. The fraction of sp³-hybridized carbons (Fsp3) is 0.474. The quantitative estimate of drug-likeness (QED) is 0.851. The van der Waals surface area contributed by atoms with Crippen molar-refractivity contribution in [3.8, 4) is 5.88 Å². The summed E-state index contributed by atoms with van der Waals surface area (Å²) >= 11 is 6.17. The summed E-state index contributed by atoms with van der Waals surface area (Å²) in [5.41, 5.74) is 1.17. The van der Waals surface area contributed by atoms with Crippen LogP contribution in [0.5, 0.6) is 5.88 Å². The van der Waals surface area contributed by atoms with Crippen LogP contribution in [0.4, 0.5) is 0 Å². The van der Waals surface area contributed by atoms with Gasteiger partial charge in [-0.2, -0.15) is 0 Å². The molecule has 1 fully saturated rings. The van der Waals surface area contributed by atoms with Crippen molar-refractivity contribution in [2.75, 3.05) is 7.11 Å². The third kappa shape index (κ3) is 4.11. The van der Waals surface area contributed by atoms with E-state index in [1.807, 2.05) is 18.2 Å². The highest BCUT2D eigenvalue weighted by atomic mass is 35.5. The molecule has 0 spiro atoms. The second-order valence-corrected chi connectivity index (χ2v) is 7.10. The van der Waals surface area contributed by atoms with Crippen LogP contribution in [0.1, 0.15) is 49.8 Å². The van der Waals surface area contributed by atoms with Gasteiger partial charge in [0.1, 0.15) is 5.02 Å². The number of hydrogen-bond acceptors (Lipinski definition) is 5. The van der Waals surface area contributed by atoms with E-state index in [2.05, 4.69) is 22.2 Å². The standard InChI is InChI=1S/C19H24ClN3O2/c1-13(14-10-17(20)18(25-2)22-11-14)23-16-5-7-19(24,8-6-16)15-4-3-9-21-12-15/h3-4,9-13,16,23-24H,5-8H2,1-2H3. The van der Waals surface area contributed by atoms with Gasteiger partial charge in [-0.3, -0.25) is 4.98 Å². The van der Waals surface area contributed by atoms with Crippen LogP contribution in [0.25, 0.3) is 0 Å². The molecular weight excluding hydrogens is 338 g/mol. The van der Waals surface area contributed by atoms with E-state index in [0.717, 1.165) is 36.8 Å². The number of aromatic nitrogens is 2. The average molecular weight is 362 g/mol. The zero-order chi connectivity index (χ0) is 17.9. The highest BCUT2D eigenvalue weighted by Crippen LogP contribution is 2.37. The zero-order valence-corrected chi connectivity index (χ0v) is 15.3. The molecule has 2 N–H and O–H groups in total. The third-order valence-corrected chi connectivity index (χ3v) is 5.29. The number of nitrogens with zero attached hydrogens (tertiary/aromatic N) is 2. The number of methoxy groups -OCH3 is 1. The molecule has 1 unspecified atom stereocenters. The summed E-state index contributed by atoms with van der Waals surface area (Å²) < 4.78 is 5.10. The molecule has 2 aromatic heterocycles. The van der Waals surface area contributed by atoms with Crippen molar-refractivity contribution in [2.45, 2.75) is 50.3 Å². The molecule has 25 heavy (non-hydrogen) atoms. The molecule has 0 radical (unpaired) electrons. The molecule has 1 aliphatic rings. The van der Waals surface area contributed by atoms with E-state index >= 15 is 0 Å². The maximum absolute atomic E-state index is 10.9. The van der Waals surface area contributed by atoms with E-state index in [-0.39, 0.29) is 6.04 Å². The highest BCUT2D eigenvalue weighted by molar-refractivity contribution is 6.31. The summed E-state index contributed by atoms with van der Waals surface area (Å²) in [5.74, 6) is 0.441. The average Bonchev–Trinajstić information content (AvgIpc) is 2.64. The van der Waals surface area contributed by atoms with Gasteiger partial charge < -0.3 is 15.2 Å². The summed E-state index contributed by atoms with van der Waals surface area (Å²) in [6.07, 6.45) is 8.56. The van der Waals surface area contributed by atoms with Gasteiger partial charge in [-0.25, -0.2) is 4.98 Å². The predicted octanol–water partition coefficient (Wildman–Crippen LogP) is 3.62. The van der Waals surface area contributed by atoms with Gasteiger partial charge in [0, 0.05) is 36.2 Å². The first-order valence-electron chi connectivity index (χ1n) is 8.60. The predicted molar refractivity (Wildman–Crippen MR) is 97.7 cm³/mol. The Kier molecular flexibility index (Phi) is 5.57. The molecule has 0 amide bonds. The first kappa shape index (κ1) is 18.1. The molecule has 2 heterocycles. The lowest BCUT2D eigenvalue weighted by atomic mass is 9.78. The van der Waals surface area contributed by atoms with Gasteiger partial charge in [0.25, 0.3) is 0 Å². The lowest BCUT2D eigenvalue weighted by molar-refractivity contribution is -0.00951. The first-order valence-corrected chi connectivity index (χ1v) is 8.98. The summed E-state index contributed by atoms with van der Waals surface area (Å²) in [6, 6.07) is 6.20. The molecule has 1 saturated carbocycles. The number of aliphatic hydroxyl groups is 1. The zero-order valence-electron chi connectivity index (χ0n) is 14.6. The molecule has 2 aromatic rings. The number of hydrogen-bond donors (Lipinski definition) is 2. The summed E-state index contributed by atoms with van der Waals surface area (Å²) in [5, 5.41) is 15.0. The topological polar surface area (TPSA) is 67.3 Å². The van der Waals surface area contributed by atoms with E-state index in [1.54, 1.807) is 25.7 Å². The van der Waals surface area contributed by atoms with Crippen LogP contribution in [-0.4, -0.2) is 28.2 Å². The van der Waals surface area contributed by atoms with Crippen LogP contribution in [0.2, 0.25) is 5.02 Å². The van der Waals surface area contributed by atoms with Gasteiger partial charge in [-0.05, 0) is 50.3 Å². The Labute approximate surface area is 153 Å². The maximum Gasteiger partial charge on any atom is 0.232 e. The van der Waals surface area contributed by atoms with Crippen molar-refractivity contribution in [3.05, 3.63) is 52.9 Å². The Morgan fingerprint density at radius 3 is 2.72 bits per heavy atom. The lowest BCUT2D eigenvalue weighted by Crippen LogP contribution is -2.40. The Bertz CT molecular complexity index is 703. The maximum atomic E-state index is 10.9. The third-order valence-electron chi connectivity index (χ3n) is 5.02. The van der Waals surface area contributed by atoms with Crippen molar-refractivity contribution in [1.29, 1.82) is 0 Å². The van der Waals surface area contributed by atoms with Gasteiger partial charge in [-0.1, -0.05) is 17.7 Å². The molecule has 0 bridgehead atoms. The number of nitrogens with one attached hydrogen (secondary N) is 1. The van der Waals surface area contributed by atoms with Crippen LogP contribution < -0.4 is 10.1 Å². The lowest BCUT2D eigenvalue weighted by Gasteiger charge is -2.37. The number of halogens is 1. The largest absolute Gasteiger partial charge is 0.480 e. The van der Waals surface area contributed by atoms with Gasteiger partial charge in [0.15, 0.2) is 0 Å². The molecule has 0 aromatic carbocycles. The molecule has 6 heteroatoms. The highest BCUT2D eigenvalue weighted by Gasteiger charge is 2.35. The minimum atomic E-state index is -0.763. The van der Waals surface area contributed by atoms with Gasteiger partial charge in [0.05, 0.1) is 12.7 Å². The van der Waals surface area contributed by atoms with Crippen LogP contribution in [-0.2, 0) is 5.60 Å². The van der Waals surface area contributed by atoms with Crippen molar-refractivity contribution < 1.29 is 9.84 Å². The number of rotatable bonds is 5. The molecule has 1 atom stereocenters. The van der Waals surface area contributed by atoms with E-state index < -0.39 is 5.60 Å². The molecule has 3 rings (SSSR count). The van der Waals surface area contributed by atoms with E-state index in [4.69, 9.17) is 16.3 Å². The van der Waals surface area contributed by atoms with Gasteiger partial charge >= 0.3 is 0 Å². The molecule has 0 aliphatic heterocycles. The van der Waals surface area contributed by atoms with Crippen LogP contribution >= 0.6 is 11.6 Å². The molecule has 0 saturated heterocycles. The Morgan fingerprint density at radius 1 is 1.36 bits per heavy atom. The molecule has 134 valence electrons. The normalized spacial score (nSPS) is 24.7. The monoisotopic (exact) mass is 361 g/mol. The fourth-order valence-corrected chi connectivity index (χ4v) is 3.72. The Hall–Kier alpha value is -1.69. The van der Waals surface area contributed by atoms with Crippen molar-refractivity contribution in [3.63, 3.8) is 0 Å². The Balaban J connectivity index is 1.59. The second-order valence-electron chi connectivity index (χ2n) is 6.70. The molecular formula is C19H24ClN3O2. The van der Waals surface area contributed by atoms with Crippen LogP contribution in [0, 0.1) is 0 Å². The van der Waals surface area contributed by atoms with Crippen molar-refractivity contribution >= 4 is 11.6 Å². The minimum Gasteiger partial charge on any atom is -0.480 e. The molecule has 1 aliphatic carbocycles. The van der Waals surface area contributed by atoms with Gasteiger partial charge in [0.2, 0.25) is 5.88 Å². The fourth-order valence-electron chi connectivity index (χ4n) is 3.47. The molecule has 5 nitrogen and oxygen atoms in total. The van der Waals surface area contributed by atoms with E-state index in [1.165, 1.54) is 0 Å². The smallest absolute Gasteiger partial charge is 0.232 e. The van der Waals surface area contributed by atoms with Crippen LogP contribution in [0.3, 0.4) is 0 Å². The summed E-state index contributed by atoms with van der Waals surface area (Å²) in [4.78, 5) is 8.36. The van der Waals surface area contributed by atoms with Crippen LogP contribution in [0.15, 0.2) is 36.8 Å². The van der Waals surface area contributed by atoms with E-state index in [0.29, 0.717) is 16.9 Å². The van der Waals surface area contributed by atoms with Crippen molar-refractivity contribution in [1.82, 2.24) is 15.3 Å². The van der Waals surface area contributed by atoms with Crippen molar-refractivity contribution in [2.24, 2.45) is 0 Å². The summed E-state index contributed by atoms with van der Waals surface area (Å²) in [7, 11) is 1.56. The van der Waals surface area contributed by atoms with E-state index in [9.17, 15) is 5.11 Å². The number of pyridine rings is 2. The SMILES string of the molecule is COc1ncc(C(C)NC2CCC(O)(c3cccnc3)CC2)cc1Cl. The minimum absolute atomic E-state index is 0.130. The Morgan fingerprint density at radius 2 is 2.12 bits per heavy atom. The number of ether oxygens (including phenoxy) is 1.